The second-order valence-corrected chi connectivity index (χ2v) is 7.04. The van der Waals surface area contributed by atoms with Crippen molar-refractivity contribution < 1.29 is 0 Å². The van der Waals surface area contributed by atoms with Crippen LogP contribution in [0, 0.1) is 5.92 Å². The van der Waals surface area contributed by atoms with E-state index in [1.54, 1.807) is 0 Å². The highest BCUT2D eigenvalue weighted by Crippen LogP contribution is 2.29. The van der Waals surface area contributed by atoms with E-state index in [4.69, 9.17) is 0 Å². The molecule has 0 saturated heterocycles. The maximum atomic E-state index is 2.21. The summed E-state index contributed by atoms with van der Waals surface area (Å²) in [5.74, 6) is 1.22. The number of nitrogens with zero attached hydrogens (tertiary/aromatic N) is 2. The summed E-state index contributed by atoms with van der Waals surface area (Å²) in [5.41, 5.74) is 6.03. The van der Waals surface area contributed by atoms with Crippen molar-refractivity contribution in [3.8, 4) is 0 Å². The largest absolute Gasteiger partial charge is 0.378 e. The van der Waals surface area contributed by atoms with Crippen molar-refractivity contribution in [3.05, 3.63) is 108 Å². The molecule has 0 amide bonds. The number of benzene rings is 3. The van der Waals surface area contributed by atoms with E-state index < -0.39 is 0 Å². The molecule has 0 aliphatic rings. The first-order valence-electron chi connectivity index (χ1n) is 9.20. The van der Waals surface area contributed by atoms with E-state index in [-0.39, 0.29) is 0 Å². The molecule has 0 spiro atoms. The van der Waals surface area contributed by atoms with Crippen LogP contribution in [-0.2, 0) is 0 Å². The van der Waals surface area contributed by atoms with Crippen LogP contribution in [0.1, 0.15) is 16.7 Å². The molecule has 2 nitrogen and oxygen atoms in total. The molecule has 0 N–H and O–H groups in total. The van der Waals surface area contributed by atoms with Crippen LogP contribution < -0.4 is 9.80 Å². The Morgan fingerprint density at radius 2 is 1.04 bits per heavy atom. The van der Waals surface area contributed by atoms with Gasteiger partial charge in [0.05, 0.1) is 5.92 Å². The molecule has 0 heterocycles. The minimum atomic E-state index is 1.20. The predicted octanol–water partition coefficient (Wildman–Crippen LogP) is 5.50. The first-order chi connectivity index (χ1) is 13.0. The second kappa shape index (κ2) is 8.59. The summed E-state index contributed by atoms with van der Waals surface area (Å²) < 4.78 is 0. The minimum Gasteiger partial charge on any atom is -0.378 e. The van der Waals surface area contributed by atoms with Gasteiger partial charge in [0.2, 0.25) is 0 Å². The monoisotopic (exact) mass is 355 g/mol. The number of hydrogen-bond donors (Lipinski definition) is 0. The molecular formula is C25H27N2. The lowest BCUT2D eigenvalue weighted by Crippen LogP contribution is -2.09. The van der Waals surface area contributed by atoms with Crippen LogP contribution in [0.4, 0.5) is 11.4 Å². The third-order valence-corrected chi connectivity index (χ3v) is 4.63. The van der Waals surface area contributed by atoms with E-state index in [0.29, 0.717) is 0 Å². The Hall–Kier alpha value is -3.00. The first-order valence-corrected chi connectivity index (χ1v) is 9.20. The number of rotatable bonds is 6. The van der Waals surface area contributed by atoms with E-state index in [9.17, 15) is 0 Å². The molecule has 2 heteroatoms. The van der Waals surface area contributed by atoms with Gasteiger partial charge >= 0.3 is 0 Å². The van der Waals surface area contributed by atoms with Crippen LogP contribution in [0.2, 0.25) is 0 Å². The molecule has 0 fully saturated rings. The first kappa shape index (κ1) is 18.8. The van der Waals surface area contributed by atoms with Gasteiger partial charge in [0, 0.05) is 39.6 Å². The zero-order chi connectivity index (χ0) is 19.2. The smallest absolute Gasteiger partial charge is 0.0557 e. The maximum Gasteiger partial charge on any atom is 0.0557 e. The Balaban J connectivity index is 1.96. The Morgan fingerprint density at radius 3 is 1.44 bits per heavy atom. The van der Waals surface area contributed by atoms with E-state index in [2.05, 4.69) is 123 Å². The molecule has 0 aliphatic heterocycles. The highest BCUT2D eigenvalue weighted by molar-refractivity contribution is 5.63. The molecule has 0 aliphatic carbocycles. The summed E-state index contributed by atoms with van der Waals surface area (Å²) in [6, 6.07) is 27.9. The Kier molecular flexibility index (Phi) is 5.97. The summed E-state index contributed by atoms with van der Waals surface area (Å²) >= 11 is 0. The van der Waals surface area contributed by atoms with Gasteiger partial charge in [-0.15, -0.1) is 0 Å². The zero-order valence-corrected chi connectivity index (χ0v) is 16.6. The highest BCUT2D eigenvalue weighted by Gasteiger charge is 2.13. The van der Waals surface area contributed by atoms with Gasteiger partial charge in [-0.3, -0.25) is 0 Å². The lowest BCUT2D eigenvalue weighted by atomic mass is 9.90. The number of allylic oxidation sites excluding steroid dienone is 1. The summed E-state index contributed by atoms with van der Waals surface area (Å²) in [6.45, 7) is 0. The molecule has 0 unspecified atom stereocenters. The molecule has 1 radical (unpaired) electrons. The van der Waals surface area contributed by atoms with Crippen molar-refractivity contribution in [2.45, 2.75) is 0 Å². The molecule has 3 rings (SSSR count). The molecule has 137 valence electrons. The Morgan fingerprint density at radius 1 is 0.593 bits per heavy atom. The Labute approximate surface area is 163 Å². The summed E-state index contributed by atoms with van der Waals surface area (Å²) in [7, 11) is 8.26. The summed E-state index contributed by atoms with van der Waals surface area (Å²) in [6.07, 6.45) is 4.39. The molecule has 0 atom stereocenters. The molecule has 3 aromatic rings. The van der Waals surface area contributed by atoms with Gasteiger partial charge in [-0.1, -0.05) is 66.7 Å². The molecule has 0 bridgehead atoms. The van der Waals surface area contributed by atoms with E-state index in [1.807, 2.05) is 6.07 Å². The number of hydrogen-bond acceptors (Lipinski definition) is 2. The van der Waals surface area contributed by atoms with E-state index in [1.165, 1.54) is 34.0 Å². The Bertz CT molecular complexity index is 809. The van der Waals surface area contributed by atoms with Crippen molar-refractivity contribution in [1.82, 2.24) is 0 Å². The third kappa shape index (κ3) is 4.79. The van der Waals surface area contributed by atoms with Gasteiger partial charge < -0.3 is 9.80 Å². The maximum absolute atomic E-state index is 2.21. The van der Waals surface area contributed by atoms with Crippen LogP contribution in [0.15, 0.2) is 84.9 Å². The lowest BCUT2D eigenvalue weighted by Gasteiger charge is -2.18. The fourth-order valence-corrected chi connectivity index (χ4v) is 2.98. The standard InChI is InChI=1S/C25H27N2/c1-26(2)23-15-11-21(12-16-23)25(19-10-20-8-6-5-7-9-20)22-13-17-24(18-14-22)27(3)4/h5-19H,1-4H3. The normalized spacial score (nSPS) is 11.1. The summed E-state index contributed by atoms with van der Waals surface area (Å²) in [5, 5.41) is 0. The minimum absolute atomic E-state index is 1.20. The quantitative estimate of drug-likeness (QED) is 0.576. The van der Waals surface area contributed by atoms with Crippen LogP contribution in [0.3, 0.4) is 0 Å². The molecule has 3 aromatic carbocycles. The molecule has 0 saturated carbocycles. The van der Waals surface area contributed by atoms with Crippen molar-refractivity contribution >= 4 is 17.5 Å². The van der Waals surface area contributed by atoms with Crippen molar-refractivity contribution in [2.24, 2.45) is 0 Å². The van der Waals surface area contributed by atoms with Gasteiger partial charge in [-0.05, 0) is 41.0 Å². The van der Waals surface area contributed by atoms with Crippen LogP contribution in [0.25, 0.3) is 6.08 Å². The predicted molar refractivity (Wildman–Crippen MR) is 118 cm³/mol. The van der Waals surface area contributed by atoms with Gasteiger partial charge in [-0.25, -0.2) is 0 Å². The summed E-state index contributed by atoms with van der Waals surface area (Å²) in [4.78, 5) is 4.24. The molecular weight excluding hydrogens is 328 g/mol. The lowest BCUT2D eigenvalue weighted by molar-refractivity contribution is 1.12. The molecule has 0 aromatic heterocycles. The van der Waals surface area contributed by atoms with Gasteiger partial charge in [0.15, 0.2) is 0 Å². The van der Waals surface area contributed by atoms with Crippen LogP contribution in [-0.4, -0.2) is 28.2 Å². The third-order valence-electron chi connectivity index (χ3n) is 4.63. The van der Waals surface area contributed by atoms with E-state index >= 15 is 0 Å². The van der Waals surface area contributed by atoms with Gasteiger partial charge in [0.1, 0.15) is 0 Å². The zero-order valence-electron chi connectivity index (χ0n) is 16.6. The van der Waals surface area contributed by atoms with Gasteiger partial charge in [-0.2, -0.15) is 0 Å². The van der Waals surface area contributed by atoms with Crippen molar-refractivity contribution in [1.29, 1.82) is 0 Å². The average molecular weight is 356 g/mol. The SMILES string of the molecule is CN(C)c1ccc([C](C=Cc2ccccc2)c2ccc(N(C)C)cc2)cc1. The fourth-order valence-electron chi connectivity index (χ4n) is 2.98. The average Bonchev–Trinajstić information content (AvgIpc) is 2.69. The van der Waals surface area contributed by atoms with Crippen LogP contribution >= 0.6 is 0 Å². The topological polar surface area (TPSA) is 6.48 Å². The molecule has 27 heavy (non-hydrogen) atoms. The fraction of sp³-hybridized carbons (Fsp3) is 0.160. The van der Waals surface area contributed by atoms with Crippen LogP contribution in [0.5, 0.6) is 0 Å². The van der Waals surface area contributed by atoms with Crippen molar-refractivity contribution in [2.75, 3.05) is 38.0 Å². The van der Waals surface area contributed by atoms with Crippen molar-refractivity contribution in [3.63, 3.8) is 0 Å². The van der Waals surface area contributed by atoms with Gasteiger partial charge in [0.25, 0.3) is 0 Å². The number of anilines is 2. The second-order valence-electron chi connectivity index (χ2n) is 7.04. The van der Waals surface area contributed by atoms with E-state index in [0.717, 1.165) is 0 Å². The highest BCUT2D eigenvalue weighted by atomic mass is 15.1.